The second kappa shape index (κ2) is 6.48. The number of rotatable bonds is 6. The Balaban J connectivity index is 1.66. The van der Waals surface area contributed by atoms with E-state index in [-0.39, 0.29) is 13.4 Å². The third kappa shape index (κ3) is 3.20. The first-order chi connectivity index (χ1) is 10.8. The van der Waals surface area contributed by atoms with Gasteiger partial charge in [-0.1, -0.05) is 6.07 Å². The Hall–Kier alpha value is -2.54. The maximum absolute atomic E-state index is 8.87. The van der Waals surface area contributed by atoms with Crippen molar-refractivity contribution in [2.24, 2.45) is 0 Å². The Labute approximate surface area is 128 Å². The molecule has 0 radical (unpaired) electrons. The van der Waals surface area contributed by atoms with Crippen LogP contribution in [0.4, 0.5) is 11.8 Å². The fraction of sp³-hybridized carbons (Fsp3) is 0.333. The van der Waals surface area contributed by atoms with Gasteiger partial charge in [-0.2, -0.15) is 4.98 Å². The summed E-state index contributed by atoms with van der Waals surface area (Å²) in [5.41, 5.74) is 1.99. The minimum absolute atomic E-state index is 0.0589. The van der Waals surface area contributed by atoms with E-state index in [9.17, 15) is 0 Å². The van der Waals surface area contributed by atoms with E-state index in [0.717, 1.165) is 28.4 Å². The summed E-state index contributed by atoms with van der Waals surface area (Å²) in [6.07, 6.45) is 1.74. The van der Waals surface area contributed by atoms with E-state index >= 15 is 0 Å². The van der Waals surface area contributed by atoms with Crippen LogP contribution in [0.2, 0.25) is 0 Å². The molecule has 0 bridgehead atoms. The number of nitrogens with zero attached hydrogens (tertiary/aromatic N) is 2. The topological polar surface area (TPSA) is 88.5 Å². The minimum atomic E-state index is 0.0589. The SMILES string of the molecule is Cc1cnc(NCc2ccc3c(c2)OCO3)nc1NCCO. The Morgan fingerprint density at radius 2 is 2.09 bits per heavy atom. The second-order valence-corrected chi connectivity index (χ2v) is 4.92. The molecule has 3 rings (SSSR count). The number of aryl methyl sites for hydroxylation is 1. The average Bonchev–Trinajstić information content (AvgIpc) is 3.00. The van der Waals surface area contributed by atoms with Crippen molar-refractivity contribution in [3.63, 3.8) is 0 Å². The lowest BCUT2D eigenvalue weighted by Crippen LogP contribution is -2.11. The standard InChI is InChI=1S/C15H18N4O3/c1-10-7-17-15(19-14(10)16-4-5-20)18-8-11-2-3-12-13(6-11)22-9-21-12/h2-3,6-7,20H,4-5,8-9H2,1H3,(H2,16,17,18,19). The van der Waals surface area contributed by atoms with Gasteiger partial charge in [0.05, 0.1) is 6.61 Å². The van der Waals surface area contributed by atoms with Gasteiger partial charge in [0, 0.05) is 24.8 Å². The maximum atomic E-state index is 8.87. The molecule has 0 fully saturated rings. The molecule has 7 nitrogen and oxygen atoms in total. The number of fused-ring (bicyclic) bond motifs is 1. The number of aliphatic hydroxyl groups excluding tert-OH is 1. The highest BCUT2D eigenvalue weighted by Gasteiger charge is 2.13. The van der Waals surface area contributed by atoms with E-state index in [2.05, 4.69) is 20.6 Å². The summed E-state index contributed by atoms with van der Waals surface area (Å²) in [6, 6.07) is 5.80. The summed E-state index contributed by atoms with van der Waals surface area (Å²) in [4.78, 5) is 8.65. The van der Waals surface area contributed by atoms with Crippen LogP contribution in [0, 0.1) is 6.92 Å². The lowest BCUT2D eigenvalue weighted by molar-refractivity contribution is 0.174. The van der Waals surface area contributed by atoms with Crippen molar-refractivity contribution in [1.29, 1.82) is 0 Å². The molecule has 7 heteroatoms. The summed E-state index contributed by atoms with van der Waals surface area (Å²) in [7, 11) is 0. The zero-order valence-corrected chi connectivity index (χ0v) is 12.3. The average molecular weight is 302 g/mol. The molecule has 0 aliphatic carbocycles. The van der Waals surface area contributed by atoms with Crippen LogP contribution in [-0.4, -0.2) is 35.0 Å². The molecule has 0 unspecified atom stereocenters. The molecule has 3 N–H and O–H groups in total. The highest BCUT2D eigenvalue weighted by Crippen LogP contribution is 2.32. The Morgan fingerprint density at radius 1 is 1.23 bits per heavy atom. The molecule has 116 valence electrons. The number of nitrogens with one attached hydrogen (secondary N) is 2. The van der Waals surface area contributed by atoms with Crippen molar-refractivity contribution in [3.8, 4) is 11.5 Å². The first kappa shape index (κ1) is 14.4. The monoisotopic (exact) mass is 302 g/mol. The van der Waals surface area contributed by atoms with Gasteiger partial charge in [0.25, 0.3) is 0 Å². The van der Waals surface area contributed by atoms with E-state index in [0.29, 0.717) is 19.0 Å². The van der Waals surface area contributed by atoms with Crippen molar-refractivity contribution in [2.75, 3.05) is 30.6 Å². The fourth-order valence-electron chi connectivity index (χ4n) is 2.11. The van der Waals surface area contributed by atoms with Gasteiger partial charge in [-0.05, 0) is 24.6 Å². The Kier molecular flexibility index (Phi) is 4.24. The predicted octanol–water partition coefficient (Wildman–Crippen LogP) is 1.53. The van der Waals surface area contributed by atoms with Gasteiger partial charge in [-0.15, -0.1) is 0 Å². The van der Waals surface area contributed by atoms with Crippen LogP contribution in [0.1, 0.15) is 11.1 Å². The van der Waals surface area contributed by atoms with E-state index in [4.69, 9.17) is 14.6 Å². The number of aliphatic hydroxyl groups is 1. The lowest BCUT2D eigenvalue weighted by Gasteiger charge is -2.10. The summed E-state index contributed by atoms with van der Waals surface area (Å²) >= 11 is 0. The molecule has 0 spiro atoms. The first-order valence-corrected chi connectivity index (χ1v) is 7.07. The van der Waals surface area contributed by atoms with Crippen LogP contribution in [0.5, 0.6) is 11.5 Å². The molecule has 1 aromatic heterocycles. The number of aromatic nitrogens is 2. The van der Waals surface area contributed by atoms with Crippen LogP contribution < -0.4 is 20.1 Å². The Bertz CT molecular complexity index is 663. The lowest BCUT2D eigenvalue weighted by atomic mass is 10.2. The number of ether oxygens (including phenoxy) is 2. The van der Waals surface area contributed by atoms with Crippen molar-refractivity contribution in [3.05, 3.63) is 35.5 Å². The molecule has 22 heavy (non-hydrogen) atoms. The summed E-state index contributed by atoms with van der Waals surface area (Å²) in [5, 5.41) is 15.1. The van der Waals surface area contributed by atoms with E-state index in [1.807, 2.05) is 25.1 Å². The molecular formula is C15H18N4O3. The maximum Gasteiger partial charge on any atom is 0.231 e. The normalized spacial score (nSPS) is 12.3. The highest BCUT2D eigenvalue weighted by atomic mass is 16.7. The smallest absolute Gasteiger partial charge is 0.231 e. The molecular weight excluding hydrogens is 284 g/mol. The highest BCUT2D eigenvalue weighted by molar-refractivity contribution is 5.48. The summed E-state index contributed by atoms with van der Waals surface area (Å²) in [5.74, 6) is 2.78. The zero-order chi connectivity index (χ0) is 15.4. The number of hydrogen-bond donors (Lipinski definition) is 3. The number of hydrogen-bond acceptors (Lipinski definition) is 7. The molecule has 0 saturated heterocycles. The zero-order valence-electron chi connectivity index (χ0n) is 12.3. The second-order valence-electron chi connectivity index (χ2n) is 4.92. The Morgan fingerprint density at radius 3 is 2.95 bits per heavy atom. The van der Waals surface area contributed by atoms with Crippen molar-refractivity contribution in [1.82, 2.24) is 9.97 Å². The van der Waals surface area contributed by atoms with Crippen LogP contribution in [0.3, 0.4) is 0 Å². The molecule has 0 saturated carbocycles. The van der Waals surface area contributed by atoms with Gasteiger partial charge in [0.2, 0.25) is 12.7 Å². The number of benzene rings is 1. The summed E-state index contributed by atoms with van der Waals surface area (Å²) in [6.45, 7) is 3.29. The quantitative estimate of drug-likeness (QED) is 0.745. The van der Waals surface area contributed by atoms with Gasteiger partial charge in [-0.3, -0.25) is 0 Å². The van der Waals surface area contributed by atoms with Crippen LogP contribution in [0.25, 0.3) is 0 Å². The fourth-order valence-corrected chi connectivity index (χ4v) is 2.11. The third-order valence-corrected chi connectivity index (χ3v) is 3.26. The van der Waals surface area contributed by atoms with Gasteiger partial charge in [0.15, 0.2) is 11.5 Å². The predicted molar refractivity (Wildman–Crippen MR) is 82.2 cm³/mol. The largest absolute Gasteiger partial charge is 0.454 e. The number of anilines is 2. The molecule has 1 aromatic carbocycles. The third-order valence-electron chi connectivity index (χ3n) is 3.26. The van der Waals surface area contributed by atoms with E-state index in [1.165, 1.54) is 0 Å². The van der Waals surface area contributed by atoms with E-state index in [1.54, 1.807) is 6.20 Å². The van der Waals surface area contributed by atoms with Gasteiger partial charge in [0.1, 0.15) is 5.82 Å². The van der Waals surface area contributed by atoms with E-state index < -0.39 is 0 Å². The molecule has 0 amide bonds. The van der Waals surface area contributed by atoms with Gasteiger partial charge < -0.3 is 25.2 Å². The van der Waals surface area contributed by atoms with Crippen LogP contribution in [0.15, 0.2) is 24.4 Å². The van der Waals surface area contributed by atoms with Crippen molar-refractivity contribution < 1.29 is 14.6 Å². The molecule has 2 heterocycles. The van der Waals surface area contributed by atoms with Crippen LogP contribution >= 0.6 is 0 Å². The van der Waals surface area contributed by atoms with Crippen molar-refractivity contribution >= 4 is 11.8 Å². The van der Waals surface area contributed by atoms with Gasteiger partial charge in [-0.25, -0.2) is 4.98 Å². The molecule has 1 aliphatic heterocycles. The summed E-state index contributed by atoms with van der Waals surface area (Å²) < 4.78 is 10.6. The minimum Gasteiger partial charge on any atom is -0.454 e. The first-order valence-electron chi connectivity index (χ1n) is 7.07. The molecule has 1 aliphatic rings. The van der Waals surface area contributed by atoms with Gasteiger partial charge >= 0.3 is 0 Å². The molecule has 2 aromatic rings. The van der Waals surface area contributed by atoms with Crippen molar-refractivity contribution in [2.45, 2.75) is 13.5 Å². The molecule has 0 atom stereocenters. The van der Waals surface area contributed by atoms with Crippen LogP contribution in [-0.2, 0) is 6.54 Å².